The van der Waals surface area contributed by atoms with Crippen molar-refractivity contribution in [2.45, 2.75) is 56.8 Å². The van der Waals surface area contributed by atoms with E-state index in [0.29, 0.717) is 34.0 Å². The molecular weight excluding hydrogens is 531 g/mol. The molecule has 1 atom stereocenters. The van der Waals surface area contributed by atoms with E-state index in [0.717, 1.165) is 5.56 Å². The summed E-state index contributed by atoms with van der Waals surface area (Å²) in [7, 11) is -3.33. The average Bonchev–Trinajstić information content (AvgIpc) is 3.28. The minimum atomic E-state index is -3.33. The Kier molecular flexibility index (Phi) is 9.25. The summed E-state index contributed by atoms with van der Waals surface area (Å²) in [5.74, 6) is -2.49. The fourth-order valence-electron chi connectivity index (χ4n) is 4.27. The average molecular weight is 563 g/mol. The predicted molar refractivity (Wildman–Crippen MR) is 142 cm³/mol. The molecule has 4 rings (SSSR count). The van der Waals surface area contributed by atoms with Crippen molar-refractivity contribution in [3.8, 4) is 0 Å². The summed E-state index contributed by atoms with van der Waals surface area (Å²) in [6.07, 6.45) is -0.198. The third-order valence-corrected chi connectivity index (χ3v) is 8.64. The van der Waals surface area contributed by atoms with Crippen LogP contribution in [0.3, 0.4) is 0 Å². The molecule has 2 aromatic carbocycles. The second kappa shape index (κ2) is 11.6. The van der Waals surface area contributed by atoms with Gasteiger partial charge in [0, 0.05) is 38.5 Å². The number of nitrogens with zero attached hydrogens (tertiary/aromatic N) is 2. The van der Waals surface area contributed by atoms with Crippen LogP contribution < -0.4 is 4.90 Å². The molecule has 0 radical (unpaired) electrons. The fourth-order valence-corrected chi connectivity index (χ4v) is 5.89. The molecule has 36 heavy (non-hydrogen) atoms. The highest BCUT2D eigenvalue weighted by Gasteiger charge is 2.35. The number of piperidine rings is 1. The SMILES string of the molecule is CC.CCS(=O)(=O)c1ccc(C(CCO)c2nc3c(Cl)c(N4CCC(F)(F)CC4)c(Cl)cc3[nH]2)cc1. The Labute approximate surface area is 220 Å². The van der Waals surface area contributed by atoms with Gasteiger partial charge >= 0.3 is 0 Å². The molecule has 1 aliphatic heterocycles. The van der Waals surface area contributed by atoms with Gasteiger partial charge in [-0.15, -0.1) is 0 Å². The van der Waals surface area contributed by atoms with Gasteiger partial charge in [0.25, 0.3) is 5.92 Å². The number of sulfone groups is 1. The number of hydrogen-bond donors (Lipinski definition) is 2. The second-order valence-electron chi connectivity index (χ2n) is 8.42. The number of aromatic amines is 1. The number of nitrogens with one attached hydrogen (secondary N) is 1. The van der Waals surface area contributed by atoms with Crippen LogP contribution in [0, 0.1) is 0 Å². The number of fused-ring (bicyclic) bond motifs is 1. The van der Waals surface area contributed by atoms with E-state index in [1.165, 1.54) is 0 Å². The first-order chi connectivity index (χ1) is 17.1. The number of anilines is 1. The smallest absolute Gasteiger partial charge is 0.251 e. The Morgan fingerprint density at radius 1 is 1.17 bits per heavy atom. The van der Waals surface area contributed by atoms with Gasteiger partial charge in [0.05, 0.1) is 31.9 Å². The van der Waals surface area contributed by atoms with Crippen molar-refractivity contribution in [2.75, 3.05) is 30.3 Å². The van der Waals surface area contributed by atoms with Crippen molar-refractivity contribution in [2.24, 2.45) is 0 Å². The minimum absolute atomic E-state index is 0.00619. The summed E-state index contributed by atoms with van der Waals surface area (Å²) in [5.41, 5.74) is 2.31. The van der Waals surface area contributed by atoms with E-state index < -0.39 is 15.8 Å². The highest BCUT2D eigenvalue weighted by molar-refractivity contribution is 7.91. The number of aliphatic hydroxyl groups is 1. The Bertz CT molecular complexity index is 1290. The van der Waals surface area contributed by atoms with Crippen molar-refractivity contribution in [1.82, 2.24) is 9.97 Å². The lowest BCUT2D eigenvalue weighted by atomic mass is 9.95. The van der Waals surface area contributed by atoms with Gasteiger partial charge in [-0.2, -0.15) is 0 Å². The zero-order valence-electron chi connectivity index (χ0n) is 20.5. The van der Waals surface area contributed by atoms with Gasteiger partial charge < -0.3 is 15.0 Å². The molecular formula is C25H31Cl2F2N3O3S. The van der Waals surface area contributed by atoms with Gasteiger partial charge in [0.1, 0.15) is 11.3 Å². The largest absolute Gasteiger partial charge is 0.396 e. The quantitative estimate of drug-likeness (QED) is 0.346. The van der Waals surface area contributed by atoms with Crippen LogP contribution in [0.15, 0.2) is 35.2 Å². The number of halogens is 4. The standard InChI is InChI=1S/C23H25Cl2F2N3O3S.C2H6/c1-2-34(32,33)15-5-3-14(4-6-15)16(7-12-31)22-28-18-13-17(24)21(19(25)20(18)29-22)30-10-8-23(26,27)9-11-30;1-2/h3-6,13,16,31H,2,7-12H2,1H3,(H,28,29);1-2H3. The molecule has 1 unspecified atom stereocenters. The molecule has 0 bridgehead atoms. The maximum Gasteiger partial charge on any atom is 0.251 e. The van der Waals surface area contributed by atoms with Crippen LogP contribution in [0.25, 0.3) is 11.0 Å². The van der Waals surface area contributed by atoms with E-state index in [4.69, 9.17) is 23.2 Å². The van der Waals surface area contributed by atoms with Crippen LogP contribution in [0.1, 0.15) is 57.3 Å². The molecule has 0 aliphatic carbocycles. The molecule has 3 aromatic rings. The van der Waals surface area contributed by atoms with Crippen LogP contribution in [0.5, 0.6) is 0 Å². The Balaban J connectivity index is 0.00000176. The number of imidazole rings is 1. The number of aliphatic hydroxyl groups excluding tert-OH is 1. The Morgan fingerprint density at radius 2 is 1.78 bits per heavy atom. The number of aromatic nitrogens is 2. The normalized spacial score (nSPS) is 16.5. The third kappa shape index (κ3) is 5.96. The Hall–Kier alpha value is -1.94. The molecule has 1 fully saturated rings. The first-order valence-electron chi connectivity index (χ1n) is 12.0. The molecule has 198 valence electrons. The molecule has 0 amide bonds. The third-order valence-electron chi connectivity index (χ3n) is 6.24. The van der Waals surface area contributed by atoms with Crippen LogP contribution in [-0.2, 0) is 9.84 Å². The van der Waals surface area contributed by atoms with E-state index in [9.17, 15) is 22.3 Å². The molecule has 6 nitrogen and oxygen atoms in total. The van der Waals surface area contributed by atoms with E-state index in [1.54, 1.807) is 42.2 Å². The summed E-state index contributed by atoms with van der Waals surface area (Å²) in [6.45, 7) is 5.74. The number of benzene rings is 2. The summed E-state index contributed by atoms with van der Waals surface area (Å²) in [6, 6.07) is 8.20. The van der Waals surface area contributed by atoms with E-state index >= 15 is 0 Å². The highest BCUT2D eigenvalue weighted by atomic mass is 35.5. The summed E-state index contributed by atoms with van der Waals surface area (Å²) >= 11 is 13.2. The molecule has 1 saturated heterocycles. The number of hydrogen-bond acceptors (Lipinski definition) is 5. The van der Waals surface area contributed by atoms with Crippen LogP contribution in [0.4, 0.5) is 14.5 Å². The zero-order valence-corrected chi connectivity index (χ0v) is 22.8. The van der Waals surface area contributed by atoms with Crippen molar-refractivity contribution < 1.29 is 22.3 Å². The first-order valence-corrected chi connectivity index (χ1v) is 14.4. The van der Waals surface area contributed by atoms with Crippen LogP contribution >= 0.6 is 23.2 Å². The van der Waals surface area contributed by atoms with Crippen molar-refractivity contribution >= 4 is 49.8 Å². The minimum Gasteiger partial charge on any atom is -0.396 e. The van der Waals surface area contributed by atoms with Gasteiger partial charge in [-0.25, -0.2) is 22.2 Å². The first kappa shape index (κ1) is 28.6. The summed E-state index contributed by atoms with van der Waals surface area (Å²) < 4.78 is 51.5. The summed E-state index contributed by atoms with van der Waals surface area (Å²) in [5, 5.41) is 10.3. The number of rotatable bonds is 7. The number of alkyl halides is 2. The highest BCUT2D eigenvalue weighted by Crippen LogP contribution is 2.42. The van der Waals surface area contributed by atoms with Crippen molar-refractivity contribution in [3.63, 3.8) is 0 Å². The van der Waals surface area contributed by atoms with Crippen molar-refractivity contribution in [3.05, 3.63) is 51.8 Å². The maximum atomic E-state index is 13.6. The maximum absolute atomic E-state index is 13.6. The lowest BCUT2D eigenvalue weighted by Crippen LogP contribution is -2.39. The fraction of sp³-hybridized carbons (Fsp3) is 0.480. The van der Waals surface area contributed by atoms with E-state index in [-0.39, 0.29) is 54.1 Å². The molecule has 2 heterocycles. The van der Waals surface area contributed by atoms with Gasteiger partial charge in [0.15, 0.2) is 9.84 Å². The molecule has 0 spiro atoms. The molecule has 1 aromatic heterocycles. The molecule has 2 N–H and O–H groups in total. The van der Waals surface area contributed by atoms with Gasteiger partial charge in [0.2, 0.25) is 0 Å². The monoisotopic (exact) mass is 561 g/mol. The van der Waals surface area contributed by atoms with E-state index in [1.807, 2.05) is 13.8 Å². The van der Waals surface area contributed by atoms with Crippen molar-refractivity contribution in [1.29, 1.82) is 0 Å². The van der Waals surface area contributed by atoms with E-state index in [2.05, 4.69) is 9.97 Å². The van der Waals surface area contributed by atoms with Gasteiger partial charge in [-0.3, -0.25) is 0 Å². The van der Waals surface area contributed by atoms with Gasteiger partial charge in [-0.1, -0.05) is 56.1 Å². The zero-order chi connectivity index (χ0) is 26.7. The summed E-state index contributed by atoms with van der Waals surface area (Å²) in [4.78, 5) is 9.87. The molecule has 0 saturated carbocycles. The van der Waals surface area contributed by atoms with Gasteiger partial charge in [-0.05, 0) is 30.2 Å². The lowest BCUT2D eigenvalue weighted by Gasteiger charge is -2.34. The van der Waals surface area contributed by atoms with Crippen LogP contribution in [-0.4, -0.2) is 54.9 Å². The number of H-pyrrole nitrogens is 1. The lowest BCUT2D eigenvalue weighted by molar-refractivity contribution is -0.0220. The Morgan fingerprint density at radius 3 is 2.33 bits per heavy atom. The molecule has 1 aliphatic rings. The second-order valence-corrected chi connectivity index (χ2v) is 11.5. The molecule has 11 heteroatoms. The topological polar surface area (TPSA) is 86.3 Å². The van der Waals surface area contributed by atoms with Crippen LogP contribution in [0.2, 0.25) is 10.0 Å². The predicted octanol–water partition coefficient (Wildman–Crippen LogP) is 6.44.